The summed E-state index contributed by atoms with van der Waals surface area (Å²) in [5, 5.41) is 2.92. The highest BCUT2D eigenvalue weighted by atomic mass is 32.2. The number of sulfonamides is 1. The van der Waals surface area contributed by atoms with E-state index in [-0.39, 0.29) is 18.5 Å². The highest BCUT2D eigenvalue weighted by Crippen LogP contribution is 2.22. The normalized spacial score (nSPS) is 13.1. The number of rotatable bonds is 11. The van der Waals surface area contributed by atoms with Crippen molar-refractivity contribution < 1.29 is 22.4 Å². The lowest BCUT2D eigenvalue weighted by molar-refractivity contribution is -0.140. The number of nitrogens with zero attached hydrogens (tertiary/aromatic N) is 2. The molecule has 2 rings (SSSR count). The van der Waals surface area contributed by atoms with Crippen LogP contribution < -0.4 is 9.62 Å². The third kappa shape index (κ3) is 7.78. The number of amides is 2. The van der Waals surface area contributed by atoms with Gasteiger partial charge in [-0.3, -0.25) is 13.9 Å². The van der Waals surface area contributed by atoms with Gasteiger partial charge in [0.25, 0.3) is 0 Å². The standard InChI is InChI=1S/C26H36FN3O4S/c1-7-20(5)28-26(32)24(8-2)29(16-21-10-12-22(27)13-11-21)25(31)17-30(35(6,33)34)23-14-9-18(3)19(4)15-23/h9-15,20,24H,7-8,16-17H2,1-6H3,(H,28,32). The monoisotopic (exact) mass is 505 g/mol. The predicted octanol–water partition coefficient (Wildman–Crippen LogP) is 3.93. The van der Waals surface area contributed by atoms with Crippen LogP contribution in [0.25, 0.3) is 0 Å². The number of hydrogen-bond acceptors (Lipinski definition) is 4. The molecule has 9 heteroatoms. The van der Waals surface area contributed by atoms with E-state index in [0.29, 0.717) is 17.7 Å². The van der Waals surface area contributed by atoms with Crippen LogP contribution >= 0.6 is 0 Å². The first-order chi connectivity index (χ1) is 16.4. The lowest BCUT2D eigenvalue weighted by Crippen LogP contribution is -2.53. The first kappa shape index (κ1) is 28.3. The maximum absolute atomic E-state index is 13.6. The van der Waals surface area contributed by atoms with Gasteiger partial charge in [0.1, 0.15) is 18.4 Å². The maximum atomic E-state index is 13.6. The molecule has 0 spiro atoms. The maximum Gasteiger partial charge on any atom is 0.244 e. The summed E-state index contributed by atoms with van der Waals surface area (Å²) in [4.78, 5) is 28.1. The van der Waals surface area contributed by atoms with Crippen LogP contribution in [0.4, 0.5) is 10.1 Å². The molecular formula is C26H36FN3O4S. The van der Waals surface area contributed by atoms with E-state index in [9.17, 15) is 22.4 Å². The fraction of sp³-hybridized carbons (Fsp3) is 0.462. The van der Waals surface area contributed by atoms with E-state index < -0.39 is 34.3 Å². The van der Waals surface area contributed by atoms with Crippen molar-refractivity contribution in [2.45, 2.75) is 66.1 Å². The Morgan fingerprint density at radius 1 is 1.00 bits per heavy atom. The van der Waals surface area contributed by atoms with E-state index in [1.807, 2.05) is 27.7 Å². The molecule has 0 aromatic heterocycles. The Hall–Kier alpha value is -2.94. The summed E-state index contributed by atoms with van der Waals surface area (Å²) >= 11 is 0. The van der Waals surface area contributed by atoms with Gasteiger partial charge in [0.2, 0.25) is 21.8 Å². The average molecular weight is 506 g/mol. The molecule has 2 atom stereocenters. The van der Waals surface area contributed by atoms with Crippen LogP contribution in [0.15, 0.2) is 42.5 Å². The van der Waals surface area contributed by atoms with Crippen molar-refractivity contribution in [2.24, 2.45) is 0 Å². The Balaban J connectivity index is 2.45. The van der Waals surface area contributed by atoms with Crippen molar-refractivity contribution in [1.29, 1.82) is 0 Å². The molecule has 2 aromatic carbocycles. The number of halogens is 1. The number of carbonyl (C=O) groups excluding carboxylic acids is 2. The molecule has 1 N–H and O–H groups in total. The van der Waals surface area contributed by atoms with Crippen molar-refractivity contribution in [3.8, 4) is 0 Å². The van der Waals surface area contributed by atoms with Crippen LogP contribution in [-0.4, -0.2) is 50.0 Å². The van der Waals surface area contributed by atoms with E-state index in [0.717, 1.165) is 28.1 Å². The molecule has 0 aliphatic rings. The van der Waals surface area contributed by atoms with Gasteiger partial charge < -0.3 is 10.2 Å². The summed E-state index contributed by atoms with van der Waals surface area (Å²) < 4.78 is 39.9. The SMILES string of the molecule is CCC(C)NC(=O)C(CC)N(Cc1ccc(F)cc1)C(=O)CN(c1ccc(C)c(C)c1)S(C)(=O)=O. The minimum absolute atomic E-state index is 0.0378. The van der Waals surface area contributed by atoms with Crippen LogP contribution in [-0.2, 0) is 26.2 Å². The Labute approximate surface area is 208 Å². The number of hydrogen-bond donors (Lipinski definition) is 1. The largest absolute Gasteiger partial charge is 0.352 e. The summed E-state index contributed by atoms with van der Waals surface area (Å²) in [5.41, 5.74) is 2.90. The molecular weight excluding hydrogens is 469 g/mol. The van der Waals surface area contributed by atoms with Gasteiger partial charge in [-0.1, -0.05) is 32.0 Å². The van der Waals surface area contributed by atoms with Gasteiger partial charge in [0, 0.05) is 12.6 Å². The van der Waals surface area contributed by atoms with Crippen molar-refractivity contribution in [3.05, 3.63) is 65.0 Å². The molecule has 2 amide bonds. The van der Waals surface area contributed by atoms with Gasteiger partial charge in [-0.25, -0.2) is 12.8 Å². The highest BCUT2D eigenvalue weighted by molar-refractivity contribution is 7.92. The topological polar surface area (TPSA) is 86.8 Å². The fourth-order valence-corrected chi connectivity index (χ4v) is 4.48. The van der Waals surface area contributed by atoms with E-state index in [2.05, 4.69) is 5.32 Å². The first-order valence-electron chi connectivity index (χ1n) is 11.8. The predicted molar refractivity (Wildman–Crippen MR) is 137 cm³/mol. The summed E-state index contributed by atoms with van der Waals surface area (Å²) in [6, 6.07) is 9.96. The van der Waals surface area contributed by atoms with Crippen molar-refractivity contribution in [2.75, 3.05) is 17.1 Å². The molecule has 0 fully saturated rings. The summed E-state index contributed by atoms with van der Waals surface area (Å²) in [6.07, 6.45) is 2.10. The van der Waals surface area contributed by atoms with Gasteiger partial charge in [-0.05, 0) is 74.6 Å². The summed E-state index contributed by atoms with van der Waals surface area (Å²) in [6.45, 7) is 8.98. The van der Waals surface area contributed by atoms with Crippen molar-refractivity contribution in [1.82, 2.24) is 10.2 Å². The molecule has 0 radical (unpaired) electrons. The first-order valence-corrected chi connectivity index (χ1v) is 13.6. The zero-order valence-corrected chi connectivity index (χ0v) is 22.2. The Morgan fingerprint density at radius 3 is 2.14 bits per heavy atom. The van der Waals surface area contributed by atoms with Crippen LogP contribution in [0.3, 0.4) is 0 Å². The molecule has 2 aromatic rings. The smallest absolute Gasteiger partial charge is 0.244 e. The van der Waals surface area contributed by atoms with Crippen molar-refractivity contribution in [3.63, 3.8) is 0 Å². The van der Waals surface area contributed by atoms with E-state index in [1.54, 1.807) is 37.3 Å². The number of aryl methyl sites for hydroxylation is 2. The minimum Gasteiger partial charge on any atom is -0.352 e. The second-order valence-corrected chi connectivity index (χ2v) is 10.8. The molecule has 0 saturated heterocycles. The Bertz CT molecular complexity index is 1140. The Kier molecular flexibility index (Phi) is 9.82. The number of anilines is 1. The number of benzene rings is 2. The van der Waals surface area contributed by atoms with E-state index >= 15 is 0 Å². The van der Waals surface area contributed by atoms with Crippen LogP contribution in [0.5, 0.6) is 0 Å². The second kappa shape index (κ2) is 12.2. The van der Waals surface area contributed by atoms with Gasteiger partial charge in [-0.2, -0.15) is 0 Å². The molecule has 7 nitrogen and oxygen atoms in total. The molecule has 192 valence electrons. The van der Waals surface area contributed by atoms with Crippen molar-refractivity contribution >= 4 is 27.5 Å². The molecule has 35 heavy (non-hydrogen) atoms. The fourth-order valence-electron chi connectivity index (χ4n) is 3.64. The lowest BCUT2D eigenvalue weighted by atomic mass is 10.1. The highest BCUT2D eigenvalue weighted by Gasteiger charge is 2.32. The van der Waals surface area contributed by atoms with Gasteiger partial charge in [0.05, 0.1) is 11.9 Å². The van der Waals surface area contributed by atoms with Gasteiger partial charge >= 0.3 is 0 Å². The molecule has 0 heterocycles. The van der Waals surface area contributed by atoms with E-state index in [4.69, 9.17) is 0 Å². The number of nitrogens with one attached hydrogen (secondary N) is 1. The quantitative estimate of drug-likeness (QED) is 0.501. The second-order valence-electron chi connectivity index (χ2n) is 8.93. The molecule has 0 saturated carbocycles. The molecule has 0 bridgehead atoms. The van der Waals surface area contributed by atoms with Crippen LogP contribution in [0, 0.1) is 19.7 Å². The van der Waals surface area contributed by atoms with Crippen LogP contribution in [0.1, 0.15) is 50.3 Å². The average Bonchev–Trinajstić information content (AvgIpc) is 2.79. The van der Waals surface area contributed by atoms with Gasteiger partial charge in [0.15, 0.2) is 0 Å². The zero-order valence-electron chi connectivity index (χ0n) is 21.3. The minimum atomic E-state index is -3.79. The van der Waals surface area contributed by atoms with Gasteiger partial charge in [-0.15, -0.1) is 0 Å². The summed E-state index contributed by atoms with van der Waals surface area (Å²) in [5.74, 6) is -1.25. The zero-order chi connectivity index (χ0) is 26.3. The van der Waals surface area contributed by atoms with Crippen LogP contribution in [0.2, 0.25) is 0 Å². The molecule has 0 aliphatic carbocycles. The third-order valence-corrected chi connectivity index (χ3v) is 7.25. The molecule has 2 unspecified atom stereocenters. The third-order valence-electron chi connectivity index (χ3n) is 6.11. The Morgan fingerprint density at radius 2 is 1.63 bits per heavy atom. The lowest BCUT2D eigenvalue weighted by Gasteiger charge is -2.33. The molecule has 0 aliphatic heterocycles. The van der Waals surface area contributed by atoms with E-state index in [1.165, 1.54) is 17.0 Å². The summed E-state index contributed by atoms with van der Waals surface area (Å²) in [7, 11) is -3.79. The number of carbonyl (C=O) groups is 2.